The summed E-state index contributed by atoms with van der Waals surface area (Å²) < 4.78 is 0. The molecule has 27 heavy (non-hydrogen) atoms. The largest absolute Gasteiger partial charge is 0.356 e. The molecule has 0 bridgehead atoms. The number of nitrogens with one attached hydrogen (secondary N) is 3. The van der Waals surface area contributed by atoms with E-state index in [1.807, 2.05) is 42.5 Å². The van der Waals surface area contributed by atoms with E-state index in [9.17, 15) is 4.79 Å². The summed E-state index contributed by atoms with van der Waals surface area (Å²) in [4.78, 5) is 16.2. The molecule has 1 atom stereocenters. The fraction of sp³-hybridized carbons (Fsp3) is 0.300. The number of hydrogen-bond donors (Lipinski definition) is 3. The van der Waals surface area contributed by atoms with E-state index in [0.717, 1.165) is 35.2 Å². The van der Waals surface area contributed by atoms with Crippen molar-refractivity contribution in [2.45, 2.75) is 18.8 Å². The zero-order valence-corrected chi connectivity index (χ0v) is 18.3. The van der Waals surface area contributed by atoms with Gasteiger partial charge in [-0.15, -0.1) is 24.0 Å². The maximum absolute atomic E-state index is 11.9. The number of fused-ring (bicyclic) bond motifs is 1. The highest BCUT2D eigenvalue weighted by molar-refractivity contribution is 14.0. The first-order valence-corrected chi connectivity index (χ1v) is 9.11. The van der Waals surface area contributed by atoms with Gasteiger partial charge in [0.2, 0.25) is 5.91 Å². The molecule has 7 heteroatoms. The smallest absolute Gasteiger partial charge is 0.225 e. The van der Waals surface area contributed by atoms with Gasteiger partial charge in [-0.25, -0.2) is 0 Å². The molecule has 1 heterocycles. The fourth-order valence-corrected chi connectivity index (χ4v) is 3.23. The second-order valence-electron chi connectivity index (χ2n) is 6.29. The van der Waals surface area contributed by atoms with E-state index in [1.54, 1.807) is 7.05 Å². The summed E-state index contributed by atoms with van der Waals surface area (Å²) in [6, 6.07) is 15.8. The zero-order valence-electron chi connectivity index (χ0n) is 15.2. The van der Waals surface area contributed by atoms with Crippen LogP contribution < -0.4 is 16.0 Å². The average molecular weight is 499 g/mol. The Morgan fingerprint density at radius 2 is 1.93 bits per heavy atom. The molecule has 0 fully saturated rings. The Kier molecular flexibility index (Phi) is 8.37. The van der Waals surface area contributed by atoms with Crippen molar-refractivity contribution in [1.29, 1.82) is 0 Å². The number of anilines is 1. The minimum Gasteiger partial charge on any atom is -0.356 e. The van der Waals surface area contributed by atoms with Crippen LogP contribution in [0.2, 0.25) is 5.02 Å². The van der Waals surface area contributed by atoms with Gasteiger partial charge in [0, 0.05) is 43.2 Å². The van der Waals surface area contributed by atoms with Crippen LogP contribution in [0.3, 0.4) is 0 Å². The molecule has 1 unspecified atom stereocenters. The normalized spacial score (nSPS) is 16.0. The number of halogens is 2. The van der Waals surface area contributed by atoms with Crippen molar-refractivity contribution in [3.05, 3.63) is 64.7 Å². The first kappa shape index (κ1) is 21.5. The summed E-state index contributed by atoms with van der Waals surface area (Å²) in [6.07, 6.45) is 1.36. The maximum atomic E-state index is 11.9. The minimum atomic E-state index is 0. The maximum Gasteiger partial charge on any atom is 0.225 e. The summed E-state index contributed by atoms with van der Waals surface area (Å²) in [7, 11) is 1.75. The van der Waals surface area contributed by atoms with Crippen molar-refractivity contribution in [3.63, 3.8) is 0 Å². The third kappa shape index (κ3) is 6.10. The SMILES string of the molecule is CN=C(NCCc1ccc(Cl)cc1)NCC1CC(=O)Nc2ccccc21.I. The fourth-order valence-electron chi connectivity index (χ4n) is 3.10. The highest BCUT2D eigenvalue weighted by Crippen LogP contribution is 2.31. The van der Waals surface area contributed by atoms with E-state index in [0.29, 0.717) is 13.0 Å². The number of rotatable bonds is 5. The van der Waals surface area contributed by atoms with Crippen LogP contribution in [0.5, 0.6) is 0 Å². The number of carbonyl (C=O) groups excluding carboxylic acids is 1. The second kappa shape index (κ2) is 10.5. The molecular formula is C20H24ClIN4O. The first-order valence-electron chi connectivity index (χ1n) is 8.73. The molecule has 0 aromatic heterocycles. The molecule has 1 aliphatic heterocycles. The van der Waals surface area contributed by atoms with Crippen LogP contribution >= 0.6 is 35.6 Å². The van der Waals surface area contributed by atoms with Crippen molar-refractivity contribution in [2.24, 2.45) is 4.99 Å². The van der Waals surface area contributed by atoms with Gasteiger partial charge in [-0.3, -0.25) is 9.79 Å². The van der Waals surface area contributed by atoms with Crippen molar-refractivity contribution in [3.8, 4) is 0 Å². The van der Waals surface area contributed by atoms with Gasteiger partial charge in [-0.05, 0) is 35.7 Å². The summed E-state index contributed by atoms with van der Waals surface area (Å²) in [5.41, 5.74) is 3.28. The molecule has 0 saturated carbocycles. The van der Waals surface area contributed by atoms with Crippen LogP contribution in [0.1, 0.15) is 23.5 Å². The van der Waals surface area contributed by atoms with Crippen molar-refractivity contribution in [2.75, 3.05) is 25.5 Å². The minimum absolute atomic E-state index is 0. The standard InChI is InChI=1S/C20H23ClN4O.HI/c1-22-20(23-11-10-14-6-8-16(21)9-7-14)24-13-15-12-19(26)25-18-5-3-2-4-17(15)18;/h2-9,15H,10-13H2,1H3,(H,25,26)(H2,22,23,24);1H. The second-order valence-corrected chi connectivity index (χ2v) is 6.73. The number of benzene rings is 2. The molecule has 3 N–H and O–H groups in total. The predicted molar refractivity (Wildman–Crippen MR) is 122 cm³/mol. The van der Waals surface area contributed by atoms with Crippen LogP contribution in [-0.4, -0.2) is 32.0 Å². The topological polar surface area (TPSA) is 65.5 Å². The lowest BCUT2D eigenvalue weighted by molar-refractivity contribution is -0.116. The molecule has 1 amide bonds. The van der Waals surface area contributed by atoms with Gasteiger partial charge in [0.1, 0.15) is 0 Å². The number of nitrogens with zero attached hydrogens (tertiary/aromatic N) is 1. The van der Waals surface area contributed by atoms with Gasteiger partial charge in [-0.1, -0.05) is 41.9 Å². The van der Waals surface area contributed by atoms with Gasteiger partial charge in [0.05, 0.1) is 0 Å². The van der Waals surface area contributed by atoms with E-state index < -0.39 is 0 Å². The third-order valence-corrected chi connectivity index (χ3v) is 4.72. The first-order chi connectivity index (χ1) is 12.7. The Morgan fingerprint density at radius 3 is 2.67 bits per heavy atom. The third-order valence-electron chi connectivity index (χ3n) is 4.47. The molecule has 0 spiro atoms. The highest BCUT2D eigenvalue weighted by atomic mass is 127. The van der Waals surface area contributed by atoms with Crippen LogP contribution in [0.25, 0.3) is 0 Å². The van der Waals surface area contributed by atoms with Crippen molar-refractivity contribution in [1.82, 2.24) is 10.6 Å². The summed E-state index contributed by atoms with van der Waals surface area (Å²) >= 11 is 5.91. The van der Waals surface area contributed by atoms with Gasteiger partial charge >= 0.3 is 0 Å². The van der Waals surface area contributed by atoms with E-state index in [1.165, 1.54) is 5.56 Å². The Labute approximate surface area is 182 Å². The summed E-state index contributed by atoms with van der Waals surface area (Å²) in [5, 5.41) is 10.3. The number of carbonyl (C=O) groups is 1. The Balaban J connectivity index is 0.00000261. The lowest BCUT2D eigenvalue weighted by atomic mass is 9.90. The lowest BCUT2D eigenvalue weighted by Gasteiger charge is -2.26. The molecule has 2 aromatic rings. The van der Waals surface area contributed by atoms with E-state index >= 15 is 0 Å². The molecule has 144 valence electrons. The molecule has 1 aliphatic rings. The number of aliphatic imine (C=N–C) groups is 1. The number of para-hydroxylation sites is 1. The average Bonchev–Trinajstić information content (AvgIpc) is 2.65. The van der Waals surface area contributed by atoms with Crippen LogP contribution in [0.15, 0.2) is 53.5 Å². The molecule has 5 nitrogen and oxygen atoms in total. The summed E-state index contributed by atoms with van der Waals surface area (Å²) in [6.45, 7) is 1.42. The molecule has 3 rings (SSSR count). The number of hydrogen-bond acceptors (Lipinski definition) is 2. The zero-order chi connectivity index (χ0) is 18.4. The lowest BCUT2D eigenvalue weighted by Crippen LogP contribution is -2.41. The van der Waals surface area contributed by atoms with Crippen LogP contribution in [0.4, 0.5) is 5.69 Å². The van der Waals surface area contributed by atoms with Crippen LogP contribution in [0, 0.1) is 0 Å². The predicted octanol–water partition coefficient (Wildman–Crippen LogP) is 3.79. The van der Waals surface area contributed by atoms with E-state index in [4.69, 9.17) is 11.6 Å². The van der Waals surface area contributed by atoms with Crippen molar-refractivity contribution < 1.29 is 4.79 Å². The highest BCUT2D eigenvalue weighted by Gasteiger charge is 2.24. The Hall–Kier alpha value is -1.80. The number of guanidine groups is 1. The monoisotopic (exact) mass is 498 g/mol. The van der Waals surface area contributed by atoms with E-state index in [2.05, 4.69) is 27.0 Å². The molecule has 0 aliphatic carbocycles. The molecule has 0 radical (unpaired) electrons. The quantitative estimate of drug-likeness (QED) is 0.334. The Morgan fingerprint density at radius 1 is 1.19 bits per heavy atom. The number of amides is 1. The van der Waals surface area contributed by atoms with Crippen LogP contribution in [-0.2, 0) is 11.2 Å². The molecule has 2 aromatic carbocycles. The van der Waals surface area contributed by atoms with Gasteiger partial charge in [0.15, 0.2) is 5.96 Å². The Bertz CT molecular complexity index is 795. The van der Waals surface area contributed by atoms with Gasteiger partial charge in [0.25, 0.3) is 0 Å². The van der Waals surface area contributed by atoms with E-state index in [-0.39, 0.29) is 35.8 Å². The summed E-state index contributed by atoms with van der Waals surface area (Å²) in [5.74, 6) is 0.929. The molecule has 0 saturated heterocycles. The van der Waals surface area contributed by atoms with Gasteiger partial charge in [-0.2, -0.15) is 0 Å². The molecular weight excluding hydrogens is 475 g/mol. The van der Waals surface area contributed by atoms with Gasteiger partial charge < -0.3 is 16.0 Å². The van der Waals surface area contributed by atoms with Crippen molar-refractivity contribution >= 4 is 53.1 Å².